The Morgan fingerprint density at radius 1 is 0.964 bits per heavy atom. The maximum Gasteiger partial charge on any atom is 0.243 e. The van der Waals surface area contributed by atoms with Gasteiger partial charge >= 0.3 is 0 Å². The summed E-state index contributed by atoms with van der Waals surface area (Å²) in [5.74, 6) is -0.452. The molecule has 0 amide bonds. The Balaban J connectivity index is 1.61. The van der Waals surface area contributed by atoms with Gasteiger partial charge in [-0.3, -0.25) is 4.98 Å². The Morgan fingerprint density at radius 2 is 1.71 bits per heavy atom. The number of pyridine rings is 1. The van der Waals surface area contributed by atoms with E-state index in [4.69, 9.17) is 4.98 Å². The fourth-order valence-corrected chi connectivity index (χ4v) is 5.32. The first-order valence-corrected chi connectivity index (χ1v) is 10.8. The second-order valence-corrected chi connectivity index (χ2v) is 8.83. The standard InChI is InChI=1S/C22H21FN2O2S/c23-18-11-13-20(14-12-18)28(26,27)25-15-5-10-22(25)21-9-4-8-19(24-21)16-17-6-2-1-3-7-17/h1-4,6-9,11-14,22H,5,10,15-16H2. The number of sulfonamides is 1. The van der Waals surface area contributed by atoms with Crippen molar-refractivity contribution in [1.29, 1.82) is 0 Å². The molecule has 2 heterocycles. The van der Waals surface area contributed by atoms with Gasteiger partial charge in [0.05, 0.1) is 16.6 Å². The molecule has 4 nitrogen and oxygen atoms in total. The average molecular weight is 396 g/mol. The van der Waals surface area contributed by atoms with Gasteiger partial charge in [-0.05, 0) is 54.8 Å². The number of aromatic nitrogens is 1. The third-order valence-electron chi connectivity index (χ3n) is 5.02. The first-order chi connectivity index (χ1) is 13.5. The predicted octanol–water partition coefficient (Wildman–Crippen LogP) is 4.34. The van der Waals surface area contributed by atoms with Gasteiger partial charge in [-0.15, -0.1) is 0 Å². The van der Waals surface area contributed by atoms with Crippen molar-refractivity contribution in [2.24, 2.45) is 0 Å². The summed E-state index contributed by atoms with van der Waals surface area (Å²) >= 11 is 0. The van der Waals surface area contributed by atoms with Crippen molar-refractivity contribution >= 4 is 10.0 Å². The molecule has 1 aromatic heterocycles. The van der Waals surface area contributed by atoms with E-state index in [1.807, 2.05) is 36.4 Å². The minimum absolute atomic E-state index is 0.112. The molecule has 4 rings (SSSR count). The Hall–Kier alpha value is -2.57. The Kier molecular flexibility index (Phi) is 5.24. The fraction of sp³-hybridized carbons (Fsp3) is 0.227. The Morgan fingerprint density at radius 3 is 2.46 bits per heavy atom. The molecule has 1 aliphatic heterocycles. The van der Waals surface area contributed by atoms with Gasteiger partial charge < -0.3 is 0 Å². The molecule has 0 spiro atoms. The first-order valence-electron chi connectivity index (χ1n) is 9.31. The second kappa shape index (κ2) is 7.81. The van der Waals surface area contributed by atoms with E-state index >= 15 is 0 Å². The highest BCUT2D eigenvalue weighted by Crippen LogP contribution is 2.35. The SMILES string of the molecule is O=S(=O)(c1ccc(F)cc1)N1CCCC1c1cccc(Cc2ccccc2)n1. The van der Waals surface area contributed by atoms with E-state index in [9.17, 15) is 12.8 Å². The topological polar surface area (TPSA) is 50.3 Å². The van der Waals surface area contributed by atoms with Gasteiger partial charge in [0, 0.05) is 18.7 Å². The van der Waals surface area contributed by atoms with Gasteiger partial charge in [-0.1, -0.05) is 36.4 Å². The van der Waals surface area contributed by atoms with E-state index in [0.29, 0.717) is 13.0 Å². The van der Waals surface area contributed by atoms with Crippen LogP contribution < -0.4 is 0 Å². The normalized spacial score (nSPS) is 17.7. The van der Waals surface area contributed by atoms with E-state index in [1.165, 1.54) is 28.6 Å². The maximum absolute atomic E-state index is 13.2. The largest absolute Gasteiger partial charge is 0.256 e. The zero-order valence-corrected chi connectivity index (χ0v) is 16.1. The highest BCUT2D eigenvalue weighted by Gasteiger charge is 2.37. The van der Waals surface area contributed by atoms with Gasteiger partial charge in [0.15, 0.2) is 0 Å². The van der Waals surface area contributed by atoms with E-state index in [2.05, 4.69) is 12.1 Å². The van der Waals surface area contributed by atoms with Crippen LogP contribution in [0, 0.1) is 5.82 Å². The van der Waals surface area contributed by atoms with Crippen molar-refractivity contribution in [3.8, 4) is 0 Å². The van der Waals surface area contributed by atoms with Gasteiger partial charge in [0.2, 0.25) is 10.0 Å². The van der Waals surface area contributed by atoms with Crippen molar-refractivity contribution < 1.29 is 12.8 Å². The van der Waals surface area contributed by atoms with Crippen molar-refractivity contribution in [1.82, 2.24) is 9.29 Å². The maximum atomic E-state index is 13.2. The molecule has 0 aliphatic carbocycles. The third-order valence-corrected chi connectivity index (χ3v) is 6.94. The molecule has 1 fully saturated rings. The van der Waals surface area contributed by atoms with Crippen LogP contribution in [-0.4, -0.2) is 24.3 Å². The number of hydrogen-bond acceptors (Lipinski definition) is 3. The van der Waals surface area contributed by atoms with E-state index in [-0.39, 0.29) is 10.9 Å². The third kappa shape index (κ3) is 3.84. The summed E-state index contributed by atoms with van der Waals surface area (Å²) in [4.78, 5) is 4.87. The fourth-order valence-electron chi connectivity index (χ4n) is 3.65. The average Bonchev–Trinajstić information content (AvgIpc) is 3.20. The van der Waals surface area contributed by atoms with E-state index < -0.39 is 15.8 Å². The predicted molar refractivity (Wildman–Crippen MR) is 106 cm³/mol. The van der Waals surface area contributed by atoms with Crippen LogP contribution in [0.1, 0.15) is 35.8 Å². The molecule has 28 heavy (non-hydrogen) atoms. The molecular formula is C22H21FN2O2S. The summed E-state index contributed by atoms with van der Waals surface area (Å²) in [5, 5.41) is 0. The lowest BCUT2D eigenvalue weighted by Gasteiger charge is -2.24. The van der Waals surface area contributed by atoms with Crippen LogP contribution in [0.25, 0.3) is 0 Å². The minimum atomic E-state index is -3.70. The number of hydrogen-bond donors (Lipinski definition) is 0. The van der Waals surface area contributed by atoms with Crippen LogP contribution in [0.15, 0.2) is 77.7 Å². The molecule has 1 unspecified atom stereocenters. The van der Waals surface area contributed by atoms with Gasteiger partial charge in [0.1, 0.15) is 5.82 Å². The summed E-state index contributed by atoms with van der Waals surface area (Å²) in [5.41, 5.74) is 2.83. The monoisotopic (exact) mass is 396 g/mol. The van der Waals surface area contributed by atoms with Crippen LogP contribution in [0.5, 0.6) is 0 Å². The zero-order chi connectivity index (χ0) is 19.6. The molecule has 1 saturated heterocycles. The lowest BCUT2D eigenvalue weighted by molar-refractivity contribution is 0.390. The van der Waals surface area contributed by atoms with Crippen molar-refractivity contribution in [2.75, 3.05) is 6.54 Å². The first kappa shape index (κ1) is 18.8. The smallest absolute Gasteiger partial charge is 0.243 e. The highest BCUT2D eigenvalue weighted by molar-refractivity contribution is 7.89. The Labute approximate surface area is 164 Å². The molecule has 0 radical (unpaired) electrons. The molecule has 0 bridgehead atoms. The summed E-state index contributed by atoms with van der Waals surface area (Å²) in [6.45, 7) is 0.439. The summed E-state index contributed by atoms with van der Waals surface area (Å²) in [6, 6.07) is 20.5. The van der Waals surface area contributed by atoms with Gasteiger partial charge in [-0.2, -0.15) is 4.31 Å². The minimum Gasteiger partial charge on any atom is -0.256 e. The molecule has 3 aromatic rings. The molecule has 0 saturated carbocycles. The molecular weight excluding hydrogens is 375 g/mol. The van der Waals surface area contributed by atoms with Crippen LogP contribution in [0.3, 0.4) is 0 Å². The molecule has 144 valence electrons. The number of rotatable bonds is 5. The lowest BCUT2D eigenvalue weighted by atomic mass is 10.1. The molecule has 0 N–H and O–H groups in total. The van der Waals surface area contributed by atoms with Gasteiger partial charge in [0.25, 0.3) is 0 Å². The molecule has 1 aliphatic rings. The summed E-state index contributed by atoms with van der Waals surface area (Å²) in [7, 11) is -3.70. The van der Waals surface area contributed by atoms with Crippen molar-refractivity contribution in [3.05, 3.63) is 95.6 Å². The van der Waals surface area contributed by atoms with Crippen molar-refractivity contribution in [3.63, 3.8) is 0 Å². The van der Waals surface area contributed by atoms with Crippen LogP contribution in [0.4, 0.5) is 4.39 Å². The quantitative estimate of drug-likeness (QED) is 0.645. The van der Waals surface area contributed by atoms with E-state index in [1.54, 1.807) is 0 Å². The highest BCUT2D eigenvalue weighted by atomic mass is 32.2. The number of nitrogens with zero attached hydrogens (tertiary/aromatic N) is 2. The summed E-state index contributed by atoms with van der Waals surface area (Å²) < 4.78 is 40.9. The number of halogens is 1. The van der Waals surface area contributed by atoms with E-state index in [0.717, 1.165) is 29.8 Å². The second-order valence-electron chi connectivity index (χ2n) is 6.94. The zero-order valence-electron chi connectivity index (χ0n) is 15.3. The lowest BCUT2D eigenvalue weighted by Crippen LogP contribution is -2.31. The number of benzene rings is 2. The summed E-state index contributed by atoms with van der Waals surface area (Å²) in [6.07, 6.45) is 2.20. The molecule has 6 heteroatoms. The van der Waals surface area contributed by atoms with Crippen molar-refractivity contribution in [2.45, 2.75) is 30.2 Å². The van der Waals surface area contributed by atoms with Crippen LogP contribution in [-0.2, 0) is 16.4 Å². The molecule has 2 aromatic carbocycles. The Bertz CT molecular complexity index is 1050. The van der Waals surface area contributed by atoms with Crippen LogP contribution >= 0.6 is 0 Å². The van der Waals surface area contributed by atoms with Crippen LogP contribution in [0.2, 0.25) is 0 Å². The van der Waals surface area contributed by atoms with Gasteiger partial charge in [-0.25, -0.2) is 12.8 Å². The molecule has 1 atom stereocenters.